The molecule has 2 N–H and O–H groups in total. The van der Waals surface area contributed by atoms with E-state index >= 15 is 0 Å². The molecule has 0 amide bonds. The molecule has 0 spiro atoms. The van der Waals surface area contributed by atoms with E-state index in [1.54, 1.807) is 12.1 Å². The fourth-order valence-electron chi connectivity index (χ4n) is 2.50. The number of hydrazine groups is 1. The van der Waals surface area contributed by atoms with Crippen LogP contribution in [0.15, 0.2) is 36.4 Å². The van der Waals surface area contributed by atoms with Crippen molar-refractivity contribution >= 4 is 5.69 Å². The second-order valence-electron chi connectivity index (χ2n) is 5.32. The van der Waals surface area contributed by atoms with Crippen molar-refractivity contribution in [1.82, 2.24) is 0 Å². The van der Waals surface area contributed by atoms with Gasteiger partial charge in [-0.15, -0.1) is 0 Å². The summed E-state index contributed by atoms with van der Waals surface area (Å²) in [6.07, 6.45) is 0.937. The normalized spacial score (nSPS) is 10.4. The van der Waals surface area contributed by atoms with Crippen LogP contribution in [-0.4, -0.2) is 14.2 Å². The lowest BCUT2D eigenvalue weighted by Gasteiger charge is -2.20. The van der Waals surface area contributed by atoms with Gasteiger partial charge in [0.25, 0.3) is 0 Å². The number of nitrogens with zero attached hydrogens (tertiary/aromatic N) is 1. The highest BCUT2D eigenvalue weighted by atomic mass is 16.5. The average Bonchev–Trinajstić information content (AvgIpc) is 2.52. The van der Waals surface area contributed by atoms with Gasteiger partial charge in [0.2, 0.25) is 0 Å². The number of benzene rings is 2. The zero-order chi connectivity index (χ0) is 16.1. The molecular weight excluding hydrogens is 276 g/mol. The first kappa shape index (κ1) is 16.2. The van der Waals surface area contributed by atoms with Gasteiger partial charge in [0.15, 0.2) is 0 Å². The minimum Gasteiger partial charge on any atom is -0.496 e. The van der Waals surface area contributed by atoms with Crippen molar-refractivity contribution in [3.63, 3.8) is 0 Å². The van der Waals surface area contributed by atoms with Gasteiger partial charge < -0.3 is 14.5 Å². The van der Waals surface area contributed by atoms with E-state index in [0.29, 0.717) is 6.61 Å². The highest BCUT2D eigenvalue weighted by Gasteiger charge is 2.13. The van der Waals surface area contributed by atoms with Gasteiger partial charge in [-0.1, -0.05) is 30.7 Å². The van der Waals surface area contributed by atoms with E-state index in [1.807, 2.05) is 31.3 Å². The number of hydrogen-bond acceptors (Lipinski definition) is 4. The van der Waals surface area contributed by atoms with Crippen LogP contribution in [0, 0.1) is 6.92 Å². The van der Waals surface area contributed by atoms with Crippen LogP contribution in [0.4, 0.5) is 5.69 Å². The summed E-state index contributed by atoms with van der Waals surface area (Å²) in [5.74, 6) is 7.59. The number of hydrogen-bond donors (Lipinski definition) is 1. The summed E-state index contributed by atoms with van der Waals surface area (Å²) >= 11 is 0. The van der Waals surface area contributed by atoms with Crippen LogP contribution in [0.2, 0.25) is 0 Å². The SMILES string of the molecule is CCc1cc(C)ccc1OCc1c(OC)cccc1N(C)N. The first-order chi connectivity index (χ1) is 10.6. The smallest absolute Gasteiger partial charge is 0.127 e. The van der Waals surface area contributed by atoms with E-state index in [1.165, 1.54) is 11.1 Å². The Balaban J connectivity index is 2.28. The minimum absolute atomic E-state index is 0.414. The second-order valence-corrected chi connectivity index (χ2v) is 5.32. The van der Waals surface area contributed by atoms with E-state index in [4.69, 9.17) is 15.3 Å². The maximum atomic E-state index is 6.04. The summed E-state index contributed by atoms with van der Waals surface area (Å²) in [5, 5.41) is 1.58. The molecule has 0 aliphatic rings. The fourth-order valence-corrected chi connectivity index (χ4v) is 2.50. The van der Waals surface area contributed by atoms with Gasteiger partial charge in [-0.05, 0) is 37.1 Å². The number of aryl methyl sites for hydroxylation is 2. The molecule has 4 heteroatoms. The molecule has 0 aliphatic heterocycles. The summed E-state index contributed by atoms with van der Waals surface area (Å²) < 4.78 is 11.5. The molecule has 4 nitrogen and oxygen atoms in total. The molecule has 0 unspecified atom stereocenters. The standard InChI is InChI=1S/C18H24N2O2/c1-5-14-11-13(2)9-10-17(14)22-12-15-16(20(3)19)7-6-8-18(15)21-4/h6-11H,5,12,19H2,1-4H3. The van der Waals surface area contributed by atoms with Gasteiger partial charge in [0.1, 0.15) is 18.1 Å². The third-order valence-electron chi connectivity index (χ3n) is 3.68. The molecule has 22 heavy (non-hydrogen) atoms. The van der Waals surface area contributed by atoms with Crippen molar-refractivity contribution in [3.05, 3.63) is 53.1 Å². The van der Waals surface area contributed by atoms with Crippen molar-refractivity contribution in [2.24, 2.45) is 5.84 Å². The van der Waals surface area contributed by atoms with Gasteiger partial charge >= 0.3 is 0 Å². The monoisotopic (exact) mass is 300 g/mol. The lowest BCUT2D eigenvalue weighted by molar-refractivity contribution is 0.294. The van der Waals surface area contributed by atoms with Crippen LogP contribution in [0.1, 0.15) is 23.6 Å². The van der Waals surface area contributed by atoms with Gasteiger partial charge in [-0.25, -0.2) is 5.84 Å². The molecule has 118 valence electrons. The summed E-state index contributed by atoms with van der Waals surface area (Å²) in [6, 6.07) is 12.0. The van der Waals surface area contributed by atoms with E-state index in [-0.39, 0.29) is 0 Å². The average molecular weight is 300 g/mol. The molecule has 0 radical (unpaired) electrons. The first-order valence-electron chi connectivity index (χ1n) is 7.43. The third-order valence-corrected chi connectivity index (χ3v) is 3.68. The second kappa shape index (κ2) is 7.18. The van der Waals surface area contributed by atoms with E-state index in [0.717, 1.165) is 29.2 Å². The number of nitrogens with two attached hydrogens (primary N) is 1. The van der Waals surface area contributed by atoms with Crippen LogP contribution in [0.3, 0.4) is 0 Å². The summed E-state index contributed by atoms with van der Waals surface area (Å²) in [4.78, 5) is 0. The van der Waals surface area contributed by atoms with Gasteiger partial charge in [0.05, 0.1) is 18.4 Å². The lowest BCUT2D eigenvalue weighted by atomic mass is 10.1. The molecule has 0 saturated heterocycles. The molecule has 2 rings (SSSR count). The Bertz CT molecular complexity index is 639. The molecule has 0 saturated carbocycles. The maximum absolute atomic E-state index is 6.04. The number of methoxy groups -OCH3 is 1. The Hall–Kier alpha value is -2.20. The van der Waals surface area contributed by atoms with Crippen LogP contribution in [0.25, 0.3) is 0 Å². The molecule has 0 fully saturated rings. The third kappa shape index (κ3) is 3.52. The predicted octanol–water partition coefficient (Wildman–Crippen LogP) is 3.45. The Kier molecular flexibility index (Phi) is 5.28. The Morgan fingerprint density at radius 1 is 1.14 bits per heavy atom. The summed E-state index contributed by atoms with van der Waals surface area (Å²) in [7, 11) is 3.46. The maximum Gasteiger partial charge on any atom is 0.127 e. The van der Waals surface area contributed by atoms with Crippen LogP contribution < -0.4 is 20.3 Å². The topological polar surface area (TPSA) is 47.7 Å². The predicted molar refractivity (Wildman–Crippen MR) is 90.5 cm³/mol. The van der Waals surface area contributed by atoms with Crippen molar-refractivity contribution in [3.8, 4) is 11.5 Å². The quantitative estimate of drug-likeness (QED) is 0.655. The molecule has 0 atom stereocenters. The number of anilines is 1. The van der Waals surface area contributed by atoms with Crippen LogP contribution in [0.5, 0.6) is 11.5 Å². The van der Waals surface area contributed by atoms with Gasteiger partial charge in [0, 0.05) is 7.05 Å². The van der Waals surface area contributed by atoms with Crippen molar-refractivity contribution in [2.45, 2.75) is 26.9 Å². The Morgan fingerprint density at radius 3 is 2.55 bits per heavy atom. The van der Waals surface area contributed by atoms with Crippen LogP contribution in [-0.2, 0) is 13.0 Å². The molecule has 0 aliphatic carbocycles. The zero-order valence-corrected chi connectivity index (χ0v) is 13.7. The van der Waals surface area contributed by atoms with Crippen LogP contribution >= 0.6 is 0 Å². The Morgan fingerprint density at radius 2 is 1.91 bits per heavy atom. The summed E-state index contributed by atoms with van der Waals surface area (Å²) in [6.45, 7) is 4.63. The number of ether oxygens (including phenoxy) is 2. The number of rotatable bonds is 6. The molecule has 0 heterocycles. The fraction of sp³-hybridized carbons (Fsp3) is 0.333. The van der Waals surface area contributed by atoms with E-state index in [2.05, 4.69) is 26.0 Å². The summed E-state index contributed by atoms with van der Waals surface area (Å²) in [5.41, 5.74) is 4.28. The lowest BCUT2D eigenvalue weighted by Crippen LogP contribution is -2.26. The van der Waals surface area contributed by atoms with Crippen molar-refractivity contribution in [1.29, 1.82) is 0 Å². The molecule has 2 aromatic carbocycles. The zero-order valence-electron chi connectivity index (χ0n) is 13.7. The van der Waals surface area contributed by atoms with Gasteiger partial charge in [-0.2, -0.15) is 0 Å². The molecular formula is C18H24N2O2. The van der Waals surface area contributed by atoms with Crippen molar-refractivity contribution in [2.75, 3.05) is 19.2 Å². The van der Waals surface area contributed by atoms with Crippen molar-refractivity contribution < 1.29 is 9.47 Å². The van der Waals surface area contributed by atoms with E-state index < -0.39 is 0 Å². The first-order valence-corrected chi connectivity index (χ1v) is 7.43. The molecule has 0 aromatic heterocycles. The highest BCUT2D eigenvalue weighted by Crippen LogP contribution is 2.30. The van der Waals surface area contributed by atoms with E-state index in [9.17, 15) is 0 Å². The largest absolute Gasteiger partial charge is 0.496 e. The molecule has 2 aromatic rings. The highest BCUT2D eigenvalue weighted by molar-refractivity contribution is 5.58. The van der Waals surface area contributed by atoms with Gasteiger partial charge in [-0.3, -0.25) is 0 Å². The Labute approximate surface area is 132 Å². The minimum atomic E-state index is 0.414. The molecule has 0 bridgehead atoms.